The Balaban J connectivity index is 3.18. The second kappa shape index (κ2) is 5.23. The van der Waals surface area contributed by atoms with Crippen LogP contribution in [0, 0.1) is 0 Å². The summed E-state index contributed by atoms with van der Waals surface area (Å²) in [5.41, 5.74) is 4.95. The standard InChI is InChI=1S/C9H11F4N3O2/c1-18-8(17)6-5(2-3-10)7(14)16(15-6)4-9(11,12)13/h2-4,14H2,1H3. The lowest BCUT2D eigenvalue weighted by atomic mass is 10.2. The van der Waals surface area contributed by atoms with Gasteiger partial charge in [-0.2, -0.15) is 18.3 Å². The molecule has 1 aromatic rings. The van der Waals surface area contributed by atoms with Crippen LogP contribution in [0.4, 0.5) is 23.4 Å². The largest absolute Gasteiger partial charge is 0.464 e. The summed E-state index contributed by atoms with van der Waals surface area (Å²) in [4.78, 5) is 11.3. The maximum atomic E-state index is 12.3. The summed E-state index contributed by atoms with van der Waals surface area (Å²) in [6, 6.07) is 0. The van der Waals surface area contributed by atoms with Crippen molar-refractivity contribution < 1.29 is 27.1 Å². The van der Waals surface area contributed by atoms with Crippen molar-refractivity contribution in [2.24, 2.45) is 0 Å². The number of esters is 1. The Labute approximate surface area is 99.5 Å². The van der Waals surface area contributed by atoms with Gasteiger partial charge in [-0.05, 0) is 0 Å². The molecule has 0 unspecified atom stereocenters. The van der Waals surface area contributed by atoms with Gasteiger partial charge in [-0.25, -0.2) is 9.48 Å². The molecule has 0 radical (unpaired) electrons. The van der Waals surface area contributed by atoms with E-state index in [0.29, 0.717) is 4.68 Å². The predicted octanol–water partition coefficient (Wildman–Crippen LogP) is 1.33. The first-order valence-corrected chi connectivity index (χ1v) is 4.86. The third-order valence-corrected chi connectivity index (χ3v) is 2.15. The first-order chi connectivity index (χ1) is 8.30. The first kappa shape index (κ1) is 14.3. The minimum Gasteiger partial charge on any atom is -0.464 e. The van der Waals surface area contributed by atoms with E-state index in [9.17, 15) is 22.4 Å². The van der Waals surface area contributed by atoms with Gasteiger partial charge in [-0.1, -0.05) is 0 Å². The molecule has 0 aromatic carbocycles. The molecule has 0 saturated carbocycles. The average Bonchev–Trinajstić information content (AvgIpc) is 2.55. The van der Waals surface area contributed by atoms with Crippen LogP contribution in [0.15, 0.2) is 0 Å². The molecule has 1 heterocycles. The number of methoxy groups -OCH3 is 1. The zero-order chi connectivity index (χ0) is 13.9. The summed E-state index contributed by atoms with van der Waals surface area (Å²) in [5, 5.41) is 3.41. The van der Waals surface area contributed by atoms with Gasteiger partial charge in [-0.3, -0.25) is 4.39 Å². The zero-order valence-electron chi connectivity index (χ0n) is 9.42. The van der Waals surface area contributed by atoms with Gasteiger partial charge in [0.2, 0.25) is 0 Å². The molecule has 0 atom stereocenters. The van der Waals surface area contributed by atoms with Gasteiger partial charge >= 0.3 is 12.1 Å². The summed E-state index contributed by atoms with van der Waals surface area (Å²) >= 11 is 0. The Morgan fingerprint density at radius 1 is 1.50 bits per heavy atom. The number of aromatic nitrogens is 2. The van der Waals surface area contributed by atoms with Crippen LogP contribution in [0.1, 0.15) is 16.1 Å². The zero-order valence-corrected chi connectivity index (χ0v) is 9.42. The number of halogens is 4. The van der Waals surface area contributed by atoms with Crippen LogP contribution in [0.5, 0.6) is 0 Å². The number of nitrogen functional groups attached to an aromatic ring is 1. The number of nitrogens with two attached hydrogens (primary N) is 1. The second-order valence-corrected chi connectivity index (χ2v) is 3.42. The van der Waals surface area contributed by atoms with Crippen molar-refractivity contribution in [2.45, 2.75) is 19.1 Å². The summed E-state index contributed by atoms with van der Waals surface area (Å²) in [6.07, 6.45) is -4.84. The fraction of sp³-hybridized carbons (Fsp3) is 0.556. The highest BCUT2D eigenvalue weighted by Gasteiger charge is 2.32. The summed E-state index contributed by atoms with van der Waals surface area (Å²) in [6.45, 7) is -2.32. The van der Waals surface area contributed by atoms with Gasteiger partial charge in [0, 0.05) is 12.0 Å². The van der Waals surface area contributed by atoms with Gasteiger partial charge in [0.25, 0.3) is 0 Å². The number of alkyl halides is 4. The number of hydrogen-bond donors (Lipinski definition) is 1. The molecule has 5 nitrogen and oxygen atoms in total. The minimum atomic E-state index is -4.54. The fourth-order valence-electron chi connectivity index (χ4n) is 1.40. The van der Waals surface area contributed by atoms with Gasteiger partial charge in [0.05, 0.1) is 13.8 Å². The SMILES string of the molecule is COC(=O)c1nn(CC(F)(F)F)c(N)c1CCF. The van der Waals surface area contributed by atoms with E-state index in [0.717, 1.165) is 7.11 Å². The van der Waals surface area contributed by atoms with Crippen LogP contribution in [0.3, 0.4) is 0 Å². The quantitative estimate of drug-likeness (QED) is 0.661. The Morgan fingerprint density at radius 3 is 2.56 bits per heavy atom. The van der Waals surface area contributed by atoms with Gasteiger partial charge < -0.3 is 10.5 Å². The van der Waals surface area contributed by atoms with Crippen molar-refractivity contribution >= 4 is 11.8 Å². The van der Waals surface area contributed by atoms with Crippen LogP contribution >= 0.6 is 0 Å². The highest BCUT2D eigenvalue weighted by atomic mass is 19.4. The predicted molar refractivity (Wildman–Crippen MR) is 53.7 cm³/mol. The Hall–Kier alpha value is -1.80. The Bertz CT molecular complexity index is 442. The molecule has 0 spiro atoms. The fourth-order valence-corrected chi connectivity index (χ4v) is 1.40. The molecule has 0 bridgehead atoms. The summed E-state index contributed by atoms with van der Waals surface area (Å²) in [5.74, 6) is -1.34. The van der Waals surface area contributed by atoms with E-state index in [1.165, 1.54) is 0 Å². The maximum absolute atomic E-state index is 12.3. The smallest absolute Gasteiger partial charge is 0.408 e. The molecule has 1 aromatic heterocycles. The first-order valence-electron chi connectivity index (χ1n) is 4.86. The summed E-state index contributed by atoms with van der Waals surface area (Å²) in [7, 11) is 1.04. The summed E-state index contributed by atoms with van der Waals surface area (Å²) < 4.78 is 53.7. The molecule has 0 amide bonds. The van der Waals surface area contributed by atoms with E-state index in [4.69, 9.17) is 5.73 Å². The van der Waals surface area contributed by atoms with Crippen molar-refractivity contribution in [1.29, 1.82) is 0 Å². The number of carbonyl (C=O) groups excluding carboxylic acids is 1. The molecular formula is C9H11F4N3O2. The van der Waals surface area contributed by atoms with Crippen LogP contribution in [0.2, 0.25) is 0 Å². The lowest BCUT2D eigenvalue weighted by Crippen LogP contribution is -2.20. The average molecular weight is 269 g/mol. The number of carbonyl (C=O) groups is 1. The van der Waals surface area contributed by atoms with E-state index in [2.05, 4.69) is 9.84 Å². The molecule has 9 heteroatoms. The third kappa shape index (κ3) is 3.11. The van der Waals surface area contributed by atoms with Crippen molar-refractivity contribution in [2.75, 3.05) is 19.5 Å². The van der Waals surface area contributed by atoms with Crippen molar-refractivity contribution in [3.8, 4) is 0 Å². The maximum Gasteiger partial charge on any atom is 0.408 e. The van der Waals surface area contributed by atoms with E-state index >= 15 is 0 Å². The molecule has 0 aliphatic heterocycles. The van der Waals surface area contributed by atoms with Crippen molar-refractivity contribution in [3.05, 3.63) is 11.3 Å². The Kier molecular flexibility index (Phi) is 4.15. The van der Waals surface area contributed by atoms with Gasteiger partial charge in [-0.15, -0.1) is 0 Å². The van der Waals surface area contributed by atoms with Crippen LogP contribution < -0.4 is 5.73 Å². The van der Waals surface area contributed by atoms with E-state index in [1.54, 1.807) is 0 Å². The van der Waals surface area contributed by atoms with Crippen molar-refractivity contribution in [1.82, 2.24) is 9.78 Å². The number of anilines is 1. The molecule has 0 aliphatic carbocycles. The lowest BCUT2D eigenvalue weighted by Gasteiger charge is -2.07. The minimum absolute atomic E-state index is 0.0754. The van der Waals surface area contributed by atoms with Crippen LogP contribution in [-0.4, -0.2) is 35.7 Å². The second-order valence-electron chi connectivity index (χ2n) is 3.42. The number of hydrogen-bond acceptors (Lipinski definition) is 4. The van der Waals surface area contributed by atoms with E-state index in [-0.39, 0.29) is 17.8 Å². The van der Waals surface area contributed by atoms with Gasteiger partial charge in [0.15, 0.2) is 5.69 Å². The molecule has 102 valence electrons. The van der Waals surface area contributed by atoms with Gasteiger partial charge in [0.1, 0.15) is 12.4 Å². The van der Waals surface area contributed by atoms with Crippen molar-refractivity contribution in [3.63, 3.8) is 0 Å². The molecule has 0 aliphatic rings. The number of rotatable bonds is 4. The Morgan fingerprint density at radius 2 is 2.11 bits per heavy atom. The molecule has 2 N–H and O–H groups in total. The van der Waals surface area contributed by atoms with Crippen LogP contribution in [0.25, 0.3) is 0 Å². The monoisotopic (exact) mass is 269 g/mol. The number of ether oxygens (including phenoxy) is 1. The van der Waals surface area contributed by atoms with Crippen LogP contribution in [-0.2, 0) is 17.7 Å². The number of nitrogens with zero attached hydrogens (tertiary/aromatic N) is 2. The third-order valence-electron chi connectivity index (χ3n) is 2.15. The topological polar surface area (TPSA) is 70.1 Å². The molecule has 18 heavy (non-hydrogen) atoms. The van der Waals surface area contributed by atoms with E-state index < -0.39 is 31.1 Å². The van der Waals surface area contributed by atoms with E-state index in [1.807, 2.05) is 0 Å². The highest BCUT2D eigenvalue weighted by Crippen LogP contribution is 2.24. The normalized spacial score (nSPS) is 11.6. The highest BCUT2D eigenvalue weighted by molar-refractivity contribution is 5.90. The molecule has 0 fully saturated rings. The molecular weight excluding hydrogens is 258 g/mol. The molecule has 0 saturated heterocycles. The lowest BCUT2D eigenvalue weighted by molar-refractivity contribution is -0.142. The molecule has 1 rings (SSSR count).